The summed E-state index contributed by atoms with van der Waals surface area (Å²) in [5, 5.41) is 18.0. The normalized spacial score (nSPS) is 11.0. The average Bonchev–Trinajstić information content (AvgIpc) is 2.15. The molecule has 4 heteroatoms. The molecule has 86 valence electrons. The Bertz CT molecular complexity index is 231. The fourth-order valence-corrected chi connectivity index (χ4v) is 1.51. The average molecular weight is 214 g/mol. The summed E-state index contributed by atoms with van der Waals surface area (Å²) in [5.74, 6) is -2.54. The Balaban J connectivity index is 4.71. The second-order valence-corrected chi connectivity index (χ2v) is 3.64. The zero-order valence-electron chi connectivity index (χ0n) is 9.03. The first kappa shape index (κ1) is 13.7. The Labute approximate surface area is 89.6 Å². The van der Waals surface area contributed by atoms with E-state index in [9.17, 15) is 9.59 Å². The lowest BCUT2D eigenvalue weighted by Gasteiger charge is -2.23. The largest absolute Gasteiger partial charge is 0.480 e. The minimum absolute atomic E-state index is 0.0264. The van der Waals surface area contributed by atoms with E-state index in [-0.39, 0.29) is 12.8 Å². The van der Waals surface area contributed by atoms with Gasteiger partial charge in [-0.2, -0.15) is 0 Å². The highest BCUT2D eigenvalue weighted by Crippen LogP contribution is 2.30. The highest BCUT2D eigenvalue weighted by molar-refractivity contribution is 5.98. The van der Waals surface area contributed by atoms with Crippen molar-refractivity contribution in [3.05, 3.63) is 12.7 Å². The van der Waals surface area contributed by atoms with Gasteiger partial charge < -0.3 is 10.2 Å². The number of carboxylic acids is 2. The smallest absolute Gasteiger partial charge is 0.321 e. The van der Waals surface area contributed by atoms with Crippen molar-refractivity contribution < 1.29 is 19.8 Å². The van der Waals surface area contributed by atoms with Crippen LogP contribution < -0.4 is 0 Å². The van der Waals surface area contributed by atoms with Crippen LogP contribution in [0.25, 0.3) is 0 Å². The van der Waals surface area contributed by atoms with Crippen LogP contribution >= 0.6 is 0 Å². The fraction of sp³-hybridized carbons (Fsp3) is 0.636. The van der Waals surface area contributed by atoms with Gasteiger partial charge in [-0.25, -0.2) is 0 Å². The van der Waals surface area contributed by atoms with Crippen LogP contribution in [0.15, 0.2) is 12.7 Å². The maximum Gasteiger partial charge on any atom is 0.321 e. The summed E-state index contributed by atoms with van der Waals surface area (Å²) in [6.45, 7) is 5.39. The Morgan fingerprint density at radius 3 is 2.13 bits per heavy atom. The quantitative estimate of drug-likeness (QED) is 0.369. The van der Waals surface area contributed by atoms with Crippen molar-refractivity contribution in [3.63, 3.8) is 0 Å². The second-order valence-electron chi connectivity index (χ2n) is 3.64. The van der Waals surface area contributed by atoms with Gasteiger partial charge in [0.2, 0.25) is 0 Å². The maximum atomic E-state index is 11.0. The minimum atomic E-state index is -1.68. The Kier molecular flexibility index (Phi) is 5.67. The Hall–Kier alpha value is -1.32. The van der Waals surface area contributed by atoms with Gasteiger partial charge in [0.05, 0.1) is 0 Å². The third-order valence-corrected chi connectivity index (χ3v) is 2.52. The number of carboxylic acid groups (broad SMARTS) is 2. The van der Waals surface area contributed by atoms with Gasteiger partial charge in [-0.05, 0) is 12.8 Å². The lowest BCUT2D eigenvalue weighted by atomic mass is 9.79. The molecule has 0 aliphatic heterocycles. The van der Waals surface area contributed by atoms with E-state index < -0.39 is 17.4 Å². The molecule has 0 bridgehead atoms. The summed E-state index contributed by atoms with van der Waals surface area (Å²) in [6.07, 6.45) is 3.89. The van der Waals surface area contributed by atoms with Gasteiger partial charge in [0.25, 0.3) is 0 Å². The van der Waals surface area contributed by atoms with Gasteiger partial charge in [0.1, 0.15) is 0 Å². The molecular formula is C11H18O4. The molecule has 0 aliphatic rings. The number of rotatable bonds is 8. The van der Waals surface area contributed by atoms with E-state index in [0.717, 1.165) is 12.8 Å². The zero-order chi connectivity index (χ0) is 11.9. The molecule has 0 saturated heterocycles. The lowest BCUT2D eigenvalue weighted by Crippen LogP contribution is -2.38. The van der Waals surface area contributed by atoms with Crippen molar-refractivity contribution in [3.8, 4) is 0 Å². The third kappa shape index (κ3) is 3.38. The van der Waals surface area contributed by atoms with Crippen LogP contribution in [-0.4, -0.2) is 22.2 Å². The van der Waals surface area contributed by atoms with Gasteiger partial charge in [-0.1, -0.05) is 32.3 Å². The van der Waals surface area contributed by atoms with Crippen LogP contribution in [0.2, 0.25) is 0 Å². The molecule has 0 radical (unpaired) electrons. The first-order chi connectivity index (χ1) is 7.01. The molecular weight excluding hydrogens is 196 g/mol. The number of unbranched alkanes of at least 4 members (excludes halogenated alkanes) is 2. The van der Waals surface area contributed by atoms with E-state index in [0.29, 0.717) is 6.42 Å². The van der Waals surface area contributed by atoms with Crippen molar-refractivity contribution in [2.45, 2.75) is 39.0 Å². The molecule has 0 aromatic heterocycles. The van der Waals surface area contributed by atoms with Gasteiger partial charge in [0, 0.05) is 0 Å². The van der Waals surface area contributed by atoms with Gasteiger partial charge >= 0.3 is 11.9 Å². The van der Waals surface area contributed by atoms with Gasteiger partial charge in [0.15, 0.2) is 5.41 Å². The molecule has 0 aromatic rings. The minimum Gasteiger partial charge on any atom is -0.480 e. The predicted octanol–water partition coefficient (Wildman–Crippen LogP) is 2.30. The third-order valence-electron chi connectivity index (χ3n) is 2.52. The summed E-state index contributed by atoms with van der Waals surface area (Å²) in [7, 11) is 0. The van der Waals surface area contributed by atoms with Crippen molar-refractivity contribution >= 4 is 11.9 Å². The molecule has 0 aliphatic carbocycles. The highest BCUT2D eigenvalue weighted by atomic mass is 16.4. The monoisotopic (exact) mass is 214 g/mol. The number of allylic oxidation sites excluding steroid dienone is 1. The van der Waals surface area contributed by atoms with Crippen LogP contribution in [0.4, 0.5) is 0 Å². The lowest BCUT2D eigenvalue weighted by molar-refractivity contribution is -0.165. The SMILES string of the molecule is C=CCC(CCCCC)(C(=O)O)C(=O)O. The molecule has 0 saturated carbocycles. The number of hydrogen-bond donors (Lipinski definition) is 2. The predicted molar refractivity (Wildman–Crippen MR) is 56.7 cm³/mol. The molecule has 0 heterocycles. The summed E-state index contributed by atoms with van der Waals surface area (Å²) < 4.78 is 0. The van der Waals surface area contributed by atoms with E-state index in [2.05, 4.69) is 6.58 Å². The number of hydrogen-bond acceptors (Lipinski definition) is 2. The summed E-state index contributed by atoms with van der Waals surface area (Å²) in [4.78, 5) is 22.0. The molecule has 0 fully saturated rings. The van der Waals surface area contributed by atoms with E-state index >= 15 is 0 Å². The van der Waals surface area contributed by atoms with Crippen LogP contribution in [0.1, 0.15) is 39.0 Å². The Morgan fingerprint density at radius 1 is 1.27 bits per heavy atom. The molecule has 0 aromatic carbocycles. The topological polar surface area (TPSA) is 74.6 Å². The summed E-state index contributed by atoms with van der Waals surface area (Å²) in [5.41, 5.74) is -1.68. The van der Waals surface area contributed by atoms with Crippen molar-refractivity contribution in [2.75, 3.05) is 0 Å². The Morgan fingerprint density at radius 2 is 1.80 bits per heavy atom. The standard InChI is InChI=1S/C11H18O4/c1-3-5-6-8-11(7-4-2,9(12)13)10(14)15/h4H,2-3,5-8H2,1H3,(H,12,13)(H,14,15). The van der Waals surface area contributed by atoms with Crippen molar-refractivity contribution in [1.29, 1.82) is 0 Å². The number of aliphatic carboxylic acids is 2. The van der Waals surface area contributed by atoms with Crippen LogP contribution in [0.5, 0.6) is 0 Å². The van der Waals surface area contributed by atoms with Crippen molar-refractivity contribution in [2.24, 2.45) is 5.41 Å². The first-order valence-electron chi connectivity index (χ1n) is 5.09. The van der Waals surface area contributed by atoms with Crippen molar-refractivity contribution in [1.82, 2.24) is 0 Å². The molecule has 0 spiro atoms. The van der Waals surface area contributed by atoms with Crippen LogP contribution in [0, 0.1) is 5.41 Å². The molecule has 0 atom stereocenters. The molecule has 0 amide bonds. The van der Waals surface area contributed by atoms with Crippen LogP contribution in [-0.2, 0) is 9.59 Å². The number of carbonyl (C=O) groups is 2. The van der Waals surface area contributed by atoms with E-state index in [1.165, 1.54) is 6.08 Å². The molecule has 4 nitrogen and oxygen atoms in total. The molecule has 0 rings (SSSR count). The molecule has 2 N–H and O–H groups in total. The first-order valence-corrected chi connectivity index (χ1v) is 5.09. The maximum absolute atomic E-state index is 11.0. The van der Waals surface area contributed by atoms with E-state index in [1.807, 2.05) is 6.92 Å². The van der Waals surface area contributed by atoms with Crippen LogP contribution in [0.3, 0.4) is 0 Å². The molecule has 15 heavy (non-hydrogen) atoms. The zero-order valence-corrected chi connectivity index (χ0v) is 9.03. The summed E-state index contributed by atoms with van der Waals surface area (Å²) >= 11 is 0. The van der Waals surface area contributed by atoms with Gasteiger partial charge in [-0.15, -0.1) is 6.58 Å². The highest BCUT2D eigenvalue weighted by Gasteiger charge is 2.44. The van der Waals surface area contributed by atoms with E-state index in [1.54, 1.807) is 0 Å². The summed E-state index contributed by atoms with van der Waals surface area (Å²) in [6, 6.07) is 0. The fourth-order valence-electron chi connectivity index (χ4n) is 1.51. The second kappa shape index (κ2) is 6.22. The van der Waals surface area contributed by atoms with E-state index in [4.69, 9.17) is 10.2 Å². The van der Waals surface area contributed by atoms with Gasteiger partial charge in [-0.3, -0.25) is 9.59 Å². The molecule has 0 unspecified atom stereocenters.